The van der Waals surface area contributed by atoms with E-state index in [0.29, 0.717) is 0 Å². The summed E-state index contributed by atoms with van der Waals surface area (Å²) < 4.78 is 6.56. The predicted molar refractivity (Wildman–Crippen MR) is 211 cm³/mol. The molecular formula is C49H34O. The number of hydrogen-bond acceptors (Lipinski definition) is 1. The Bertz CT molecular complexity index is 2800. The topological polar surface area (TPSA) is 13.1 Å². The SMILES string of the molecule is C=C1/C=C\C=C/C/C(c2ccccc2-c2cccc3c2oc2ccccc23)=c2/cccc/c2=C/1c1ccccc1-c1cccc2ccccc12. The zero-order valence-corrected chi connectivity index (χ0v) is 27.6. The van der Waals surface area contributed by atoms with Crippen LogP contribution in [0, 0.1) is 0 Å². The van der Waals surface area contributed by atoms with Crippen LogP contribution < -0.4 is 10.4 Å². The van der Waals surface area contributed by atoms with E-state index in [-0.39, 0.29) is 0 Å². The van der Waals surface area contributed by atoms with Gasteiger partial charge in [-0.05, 0) is 78.2 Å². The summed E-state index contributed by atoms with van der Waals surface area (Å²) >= 11 is 0. The zero-order chi connectivity index (χ0) is 33.4. The van der Waals surface area contributed by atoms with Crippen molar-refractivity contribution >= 4 is 43.9 Å². The van der Waals surface area contributed by atoms with Gasteiger partial charge in [0.25, 0.3) is 0 Å². The minimum absolute atomic E-state index is 0.763. The van der Waals surface area contributed by atoms with E-state index in [2.05, 4.69) is 183 Å². The lowest BCUT2D eigenvalue weighted by molar-refractivity contribution is 0.670. The summed E-state index contributed by atoms with van der Waals surface area (Å²) in [7, 11) is 0. The van der Waals surface area contributed by atoms with Gasteiger partial charge in [0.05, 0.1) is 0 Å². The molecule has 236 valence electrons. The van der Waals surface area contributed by atoms with Crippen molar-refractivity contribution in [2.45, 2.75) is 6.42 Å². The molecule has 8 aromatic rings. The van der Waals surface area contributed by atoms with Crippen LogP contribution in [0.25, 0.3) is 66.1 Å². The summed E-state index contributed by atoms with van der Waals surface area (Å²) in [5, 5.41) is 7.09. The quantitative estimate of drug-likeness (QED) is 0.187. The van der Waals surface area contributed by atoms with Crippen molar-refractivity contribution < 1.29 is 4.42 Å². The second-order valence-electron chi connectivity index (χ2n) is 12.8. The molecule has 1 heterocycles. The summed E-state index contributed by atoms with van der Waals surface area (Å²) in [5.74, 6) is 0. The average molecular weight is 639 g/mol. The lowest BCUT2D eigenvalue weighted by Gasteiger charge is -2.18. The van der Waals surface area contributed by atoms with Gasteiger partial charge < -0.3 is 4.42 Å². The molecule has 50 heavy (non-hydrogen) atoms. The lowest BCUT2D eigenvalue weighted by Crippen LogP contribution is -2.30. The third-order valence-corrected chi connectivity index (χ3v) is 9.93. The lowest BCUT2D eigenvalue weighted by atomic mass is 9.85. The Morgan fingerprint density at radius 2 is 1.02 bits per heavy atom. The van der Waals surface area contributed by atoms with Gasteiger partial charge in [0.2, 0.25) is 0 Å². The molecule has 0 spiro atoms. The molecule has 0 aliphatic heterocycles. The zero-order valence-electron chi connectivity index (χ0n) is 27.6. The highest BCUT2D eigenvalue weighted by Gasteiger charge is 2.19. The van der Waals surface area contributed by atoms with E-state index in [1.54, 1.807) is 0 Å². The molecule has 0 bridgehead atoms. The Balaban J connectivity index is 1.37. The Hall–Kier alpha value is -6.44. The molecule has 1 heteroatoms. The van der Waals surface area contributed by atoms with Gasteiger partial charge in [-0.15, -0.1) is 0 Å². The summed E-state index contributed by atoms with van der Waals surface area (Å²) in [6.07, 6.45) is 9.43. The monoisotopic (exact) mass is 638 g/mol. The molecule has 1 nitrogen and oxygen atoms in total. The van der Waals surface area contributed by atoms with E-state index in [4.69, 9.17) is 4.42 Å². The Kier molecular flexibility index (Phi) is 7.44. The Morgan fingerprint density at radius 3 is 1.88 bits per heavy atom. The molecule has 0 fully saturated rings. The van der Waals surface area contributed by atoms with Crippen LogP contribution >= 0.6 is 0 Å². The molecule has 0 saturated heterocycles. The molecular weight excluding hydrogens is 605 g/mol. The number of hydrogen-bond donors (Lipinski definition) is 0. The van der Waals surface area contributed by atoms with E-state index < -0.39 is 0 Å². The number of furan rings is 1. The largest absolute Gasteiger partial charge is 0.455 e. The normalized spacial score (nSPS) is 16.8. The Morgan fingerprint density at radius 1 is 0.440 bits per heavy atom. The Labute approximate surface area is 291 Å². The minimum atomic E-state index is 0.763. The average Bonchev–Trinajstić information content (AvgIpc) is 3.56. The fourth-order valence-corrected chi connectivity index (χ4v) is 7.68. The molecule has 7 aromatic carbocycles. The van der Waals surface area contributed by atoms with E-state index in [1.807, 2.05) is 6.07 Å². The smallest absolute Gasteiger partial charge is 0.143 e. The van der Waals surface area contributed by atoms with Crippen LogP contribution in [0.2, 0.25) is 0 Å². The second-order valence-corrected chi connectivity index (χ2v) is 12.8. The van der Waals surface area contributed by atoms with Crippen LogP contribution in [0.4, 0.5) is 0 Å². The van der Waals surface area contributed by atoms with Crippen LogP contribution in [0.15, 0.2) is 199 Å². The van der Waals surface area contributed by atoms with E-state index in [0.717, 1.165) is 61.4 Å². The van der Waals surface area contributed by atoms with Gasteiger partial charge >= 0.3 is 0 Å². The predicted octanol–water partition coefficient (Wildman–Crippen LogP) is 11.5. The van der Waals surface area contributed by atoms with E-state index in [9.17, 15) is 0 Å². The third-order valence-electron chi connectivity index (χ3n) is 9.93. The van der Waals surface area contributed by atoms with Crippen molar-refractivity contribution in [3.63, 3.8) is 0 Å². The van der Waals surface area contributed by atoms with Crippen LogP contribution in [0.5, 0.6) is 0 Å². The maximum atomic E-state index is 6.56. The molecule has 0 N–H and O–H groups in total. The van der Waals surface area contributed by atoms with Crippen molar-refractivity contribution in [1.82, 2.24) is 0 Å². The van der Waals surface area contributed by atoms with Gasteiger partial charge in [0.1, 0.15) is 11.2 Å². The van der Waals surface area contributed by atoms with Crippen molar-refractivity contribution in [1.29, 1.82) is 0 Å². The maximum Gasteiger partial charge on any atom is 0.143 e. The molecule has 0 amide bonds. The van der Waals surface area contributed by atoms with Crippen molar-refractivity contribution in [2.24, 2.45) is 0 Å². The van der Waals surface area contributed by atoms with Gasteiger partial charge in [-0.2, -0.15) is 0 Å². The third kappa shape index (κ3) is 5.03. The van der Waals surface area contributed by atoms with Crippen molar-refractivity contribution in [2.75, 3.05) is 0 Å². The highest BCUT2D eigenvalue weighted by molar-refractivity contribution is 6.10. The highest BCUT2D eigenvalue weighted by Crippen LogP contribution is 2.39. The van der Waals surface area contributed by atoms with E-state index >= 15 is 0 Å². The number of rotatable bonds is 4. The summed E-state index contributed by atoms with van der Waals surface area (Å²) in [5.41, 5.74) is 12.2. The van der Waals surface area contributed by atoms with Crippen LogP contribution in [-0.2, 0) is 0 Å². The van der Waals surface area contributed by atoms with Crippen LogP contribution in [0.3, 0.4) is 0 Å². The second kappa shape index (κ2) is 12.5. The first kappa shape index (κ1) is 29.7. The molecule has 0 atom stereocenters. The van der Waals surface area contributed by atoms with Gasteiger partial charge in [-0.1, -0.05) is 183 Å². The number of benzene rings is 7. The molecule has 1 aliphatic carbocycles. The number of allylic oxidation sites excluding steroid dienone is 5. The van der Waals surface area contributed by atoms with Gasteiger partial charge in [0, 0.05) is 16.3 Å². The molecule has 9 rings (SSSR count). The standard InChI is InChI=1S/C49H34O/c1-33-17-3-2-4-21-37(38-22-7-8-25-41(38)45-30-16-31-46-42-26-13-14-32-47(42)50-49(45)46)40-24-10-12-28-44(40)48(33)43-27-11-9-23-39(43)36-29-15-19-34-18-5-6-20-35(34)36/h2-20,22-32H,1,21H2/b4-2-,17-3-,40-37+,48-44+. The molecule has 0 saturated carbocycles. The molecule has 1 aromatic heterocycles. The number of fused-ring (bicyclic) bond motifs is 5. The fourth-order valence-electron chi connectivity index (χ4n) is 7.68. The van der Waals surface area contributed by atoms with Gasteiger partial charge in [-0.25, -0.2) is 0 Å². The fraction of sp³-hybridized carbons (Fsp3) is 0.0204. The molecule has 1 aliphatic rings. The van der Waals surface area contributed by atoms with Gasteiger partial charge in [-0.3, -0.25) is 0 Å². The molecule has 0 unspecified atom stereocenters. The van der Waals surface area contributed by atoms with E-state index in [1.165, 1.54) is 38.3 Å². The molecule has 0 radical (unpaired) electrons. The maximum absolute atomic E-state index is 6.56. The first-order chi connectivity index (χ1) is 24.8. The first-order valence-corrected chi connectivity index (χ1v) is 17.2. The van der Waals surface area contributed by atoms with Crippen molar-refractivity contribution in [3.05, 3.63) is 216 Å². The van der Waals surface area contributed by atoms with Crippen LogP contribution in [-0.4, -0.2) is 0 Å². The minimum Gasteiger partial charge on any atom is -0.455 e. The van der Waals surface area contributed by atoms with Gasteiger partial charge in [0.15, 0.2) is 0 Å². The summed E-state index contributed by atoms with van der Waals surface area (Å²) in [6, 6.07) is 56.4. The summed E-state index contributed by atoms with van der Waals surface area (Å²) in [6.45, 7) is 4.68. The van der Waals surface area contributed by atoms with Crippen LogP contribution in [0.1, 0.15) is 17.5 Å². The summed E-state index contributed by atoms with van der Waals surface area (Å²) in [4.78, 5) is 0. The number of para-hydroxylation sites is 2. The highest BCUT2D eigenvalue weighted by atomic mass is 16.3. The van der Waals surface area contributed by atoms with Crippen molar-refractivity contribution in [3.8, 4) is 22.3 Å². The first-order valence-electron chi connectivity index (χ1n) is 17.2.